The van der Waals surface area contributed by atoms with Gasteiger partial charge < -0.3 is 5.32 Å². The molecule has 1 N–H and O–H groups in total. The Morgan fingerprint density at radius 3 is 2.64 bits per heavy atom. The molecular formula is C22H32N2O3S. The van der Waals surface area contributed by atoms with Gasteiger partial charge in [-0.25, -0.2) is 12.7 Å². The number of hydrogen-bond acceptors (Lipinski definition) is 3. The Kier molecular flexibility index (Phi) is 6.07. The predicted octanol–water partition coefficient (Wildman–Crippen LogP) is 2.97. The van der Waals surface area contributed by atoms with Gasteiger partial charge in [-0.3, -0.25) is 4.79 Å². The van der Waals surface area contributed by atoms with Crippen LogP contribution in [0.4, 0.5) is 0 Å². The van der Waals surface area contributed by atoms with Gasteiger partial charge in [-0.15, -0.1) is 0 Å². The lowest BCUT2D eigenvalue weighted by atomic mass is 9.93. The first kappa shape index (κ1) is 19.9. The standard InChI is InChI=1S/C22H32N2O3S/c25-22(23-21-15-18-10-11-19(21)14-18)20-9-4-12-24(16-20)28(26,27)13-5-8-17-6-2-1-3-7-17/h1-3,6-7,18-21H,4-5,8-16H2,(H,23,25)/t18-,19-,20-,21-/m0/s1. The molecule has 4 atom stereocenters. The minimum Gasteiger partial charge on any atom is -0.353 e. The molecule has 1 saturated heterocycles. The Hall–Kier alpha value is -1.40. The van der Waals surface area contributed by atoms with Crippen LogP contribution in [0.5, 0.6) is 0 Å². The fourth-order valence-corrected chi connectivity index (χ4v) is 6.95. The summed E-state index contributed by atoms with van der Waals surface area (Å²) in [4.78, 5) is 12.8. The second kappa shape index (κ2) is 8.54. The quantitative estimate of drug-likeness (QED) is 0.760. The van der Waals surface area contributed by atoms with Gasteiger partial charge in [-0.1, -0.05) is 36.8 Å². The number of sulfonamides is 1. The zero-order valence-corrected chi connectivity index (χ0v) is 17.4. The Morgan fingerprint density at radius 1 is 1.11 bits per heavy atom. The smallest absolute Gasteiger partial charge is 0.224 e. The van der Waals surface area contributed by atoms with Crippen LogP contribution in [0, 0.1) is 17.8 Å². The third-order valence-corrected chi connectivity index (χ3v) is 8.85. The van der Waals surface area contributed by atoms with Gasteiger partial charge in [0.1, 0.15) is 0 Å². The molecule has 6 heteroatoms. The molecule has 1 aliphatic heterocycles. The van der Waals surface area contributed by atoms with Crippen molar-refractivity contribution in [1.29, 1.82) is 0 Å². The highest BCUT2D eigenvalue weighted by atomic mass is 32.2. The second-order valence-corrected chi connectivity index (χ2v) is 11.0. The number of fused-ring (bicyclic) bond motifs is 2. The number of nitrogens with one attached hydrogen (secondary N) is 1. The first-order valence-electron chi connectivity index (χ1n) is 10.8. The first-order chi connectivity index (χ1) is 13.5. The number of benzene rings is 1. The van der Waals surface area contributed by atoms with E-state index in [2.05, 4.69) is 5.32 Å². The summed E-state index contributed by atoms with van der Waals surface area (Å²) in [6.45, 7) is 0.895. The normalized spacial score (nSPS) is 30.4. The summed E-state index contributed by atoms with van der Waals surface area (Å²) in [5.74, 6) is 1.47. The Bertz CT molecular complexity index is 780. The number of nitrogens with zero attached hydrogens (tertiary/aromatic N) is 1. The van der Waals surface area contributed by atoms with Crippen molar-refractivity contribution in [1.82, 2.24) is 9.62 Å². The van der Waals surface area contributed by atoms with Gasteiger partial charge in [0, 0.05) is 19.1 Å². The van der Waals surface area contributed by atoms with Crippen LogP contribution in [0.1, 0.15) is 50.5 Å². The Morgan fingerprint density at radius 2 is 1.93 bits per heavy atom. The van der Waals surface area contributed by atoms with Crippen molar-refractivity contribution >= 4 is 15.9 Å². The molecule has 0 spiro atoms. The molecule has 1 amide bonds. The predicted molar refractivity (Wildman–Crippen MR) is 110 cm³/mol. The molecular weight excluding hydrogens is 372 g/mol. The van der Waals surface area contributed by atoms with E-state index in [-0.39, 0.29) is 17.6 Å². The van der Waals surface area contributed by atoms with Gasteiger partial charge in [0.25, 0.3) is 0 Å². The largest absolute Gasteiger partial charge is 0.353 e. The monoisotopic (exact) mass is 404 g/mol. The van der Waals surface area contributed by atoms with Gasteiger partial charge in [0.05, 0.1) is 11.7 Å². The van der Waals surface area contributed by atoms with E-state index < -0.39 is 10.0 Å². The maximum absolute atomic E-state index is 12.8. The number of amides is 1. The van der Waals surface area contributed by atoms with Crippen LogP contribution in [0.25, 0.3) is 0 Å². The molecule has 3 aliphatic rings. The SMILES string of the molecule is O=C(N[C@H]1C[C@H]2CC[C@H]1C2)[C@H]1CCCN(S(=O)(=O)CCCc2ccccc2)C1. The molecule has 2 aliphatic carbocycles. The number of carbonyl (C=O) groups is 1. The number of piperidine rings is 1. The van der Waals surface area contributed by atoms with Crippen molar-refractivity contribution in [3.05, 3.63) is 35.9 Å². The van der Waals surface area contributed by atoms with E-state index in [4.69, 9.17) is 0 Å². The molecule has 28 heavy (non-hydrogen) atoms. The summed E-state index contributed by atoms with van der Waals surface area (Å²) in [6, 6.07) is 10.3. The molecule has 5 nitrogen and oxygen atoms in total. The fraction of sp³-hybridized carbons (Fsp3) is 0.682. The van der Waals surface area contributed by atoms with Gasteiger partial charge in [-0.05, 0) is 62.3 Å². The van der Waals surface area contributed by atoms with Gasteiger partial charge in [0.15, 0.2) is 0 Å². The Labute approximate surface area is 168 Å². The van der Waals surface area contributed by atoms with Gasteiger partial charge in [-0.2, -0.15) is 0 Å². The van der Waals surface area contributed by atoms with Gasteiger partial charge in [0.2, 0.25) is 15.9 Å². The lowest BCUT2D eigenvalue weighted by molar-refractivity contribution is -0.127. The molecule has 1 aromatic rings. The van der Waals surface area contributed by atoms with Crippen LogP contribution in [0.2, 0.25) is 0 Å². The van der Waals surface area contributed by atoms with E-state index in [9.17, 15) is 13.2 Å². The molecule has 0 unspecified atom stereocenters. The third-order valence-electron chi connectivity index (χ3n) is 6.92. The minimum absolute atomic E-state index is 0.0711. The van der Waals surface area contributed by atoms with Crippen LogP contribution in [0.15, 0.2) is 30.3 Å². The van der Waals surface area contributed by atoms with Crippen LogP contribution in [0.3, 0.4) is 0 Å². The first-order valence-corrected chi connectivity index (χ1v) is 12.4. The highest BCUT2D eigenvalue weighted by Crippen LogP contribution is 2.44. The molecule has 154 valence electrons. The minimum atomic E-state index is -3.30. The van der Waals surface area contributed by atoms with Crippen LogP contribution in [-0.4, -0.2) is 43.5 Å². The summed E-state index contributed by atoms with van der Waals surface area (Å²) >= 11 is 0. The summed E-state index contributed by atoms with van der Waals surface area (Å²) in [5.41, 5.74) is 1.17. The van der Waals surface area contributed by atoms with Crippen LogP contribution >= 0.6 is 0 Å². The van der Waals surface area contributed by atoms with Crippen LogP contribution in [-0.2, 0) is 21.2 Å². The highest BCUT2D eigenvalue weighted by Gasteiger charge is 2.41. The fourth-order valence-electron chi connectivity index (χ4n) is 5.36. The summed E-state index contributed by atoms with van der Waals surface area (Å²) in [7, 11) is -3.30. The molecule has 4 rings (SSSR count). The highest BCUT2D eigenvalue weighted by molar-refractivity contribution is 7.89. The zero-order valence-electron chi connectivity index (χ0n) is 16.6. The van der Waals surface area contributed by atoms with Gasteiger partial charge >= 0.3 is 0 Å². The Balaban J connectivity index is 1.28. The van der Waals surface area contributed by atoms with E-state index >= 15 is 0 Å². The molecule has 3 fully saturated rings. The number of rotatable bonds is 7. The molecule has 0 radical (unpaired) electrons. The third kappa shape index (κ3) is 4.60. The maximum Gasteiger partial charge on any atom is 0.224 e. The van der Waals surface area contributed by atoms with E-state index in [0.29, 0.717) is 31.5 Å². The zero-order chi connectivity index (χ0) is 19.6. The van der Waals surface area contributed by atoms with E-state index in [1.165, 1.54) is 24.8 Å². The number of hydrogen-bond donors (Lipinski definition) is 1. The molecule has 0 aromatic heterocycles. The van der Waals surface area contributed by atoms with E-state index in [1.54, 1.807) is 4.31 Å². The van der Waals surface area contributed by atoms with Crippen molar-refractivity contribution in [3.63, 3.8) is 0 Å². The molecule has 1 heterocycles. The van der Waals surface area contributed by atoms with Crippen LogP contribution < -0.4 is 5.32 Å². The topological polar surface area (TPSA) is 66.5 Å². The van der Waals surface area contributed by atoms with Crippen molar-refractivity contribution < 1.29 is 13.2 Å². The van der Waals surface area contributed by atoms with E-state index in [0.717, 1.165) is 31.6 Å². The number of aryl methyl sites for hydroxylation is 1. The molecule has 2 saturated carbocycles. The van der Waals surface area contributed by atoms with Crippen molar-refractivity contribution in [2.45, 2.75) is 57.4 Å². The summed E-state index contributed by atoms with van der Waals surface area (Å²) in [6.07, 6.45) is 7.88. The van der Waals surface area contributed by atoms with E-state index in [1.807, 2.05) is 30.3 Å². The van der Waals surface area contributed by atoms with Crippen molar-refractivity contribution in [2.75, 3.05) is 18.8 Å². The van der Waals surface area contributed by atoms with Crippen molar-refractivity contribution in [2.24, 2.45) is 17.8 Å². The average molecular weight is 405 g/mol. The maximum atomic E-state index is 12.8. The molecule has 2 bridgehead atoms. The molecule has 1 aromatic carbocycles. The second-order valence-electron chi connectivity index (χ2n) is 8.89. The number of carbonyl (C=O) groups excluding carboxylic acids is 1. The summed E-state index contributed by atoms with van der Waals surface area (Å²) < 4.78 is 27.1. The lowest BCUT2D eigenvalue weighted by Gasteiger charge is -2.33. The summed E-state index contributed by atoms with van der Waals surface area (Å²) in [5, 5.41) is 3.26. The average Bonchev–Trinajstić information content (AvgIpc) is 3.32. The van der Waals surface area contributed by atoms with Crippen molar-refractivity contribution in [3.8, 4) is 0 Å². The lowest BCUT2D eigenvalue weighted by Crippen LogP contribution is -2.49.